The number of para-hydroxylation sites is 1. The van der Waals surface area contributed by atoms with E-state index in [-0.39, 0.29) is 11.9 Å². The SMILES string of the molecule is CCOC(=O)c1c(NC(=O)c2c(C)c(-c3ccccc3)nc3ccccc23)sc2c1CCCCCC2. The van der Waals surface area contributed by atoms with E-state index in [9.17, 15) is 9.59 Å². The summed E-state index contributed by atoms with van der Waals surface area (Å²) in [6, 6.07) is 17.6. The third-order valence-corrected chi connectivity index (χ3v) is 8.00. The molecule has 1 aliphatic carbocycles. The van der Waals surface area contributed by atoms with Gasteiger partial charge in [0, 0.05) is 15.8 Å². The molecule has 0 unspecified atom stereocenters. The van der Waals surface area contributed by atoms with Gasteiger partial charge < -0.3 is 10.1 Å². The lowest BCUT2D eigenvalue weighted by Gasteiger charge is -2.15. The lowest BCUT2D eigenvalue weighted by molar-refractivity contribution is 0.0526. The zero-order valence-electron chi connectivity index (χ0n) is 20.7. The molecule has 36 heavy (non-hydrogen) atoms. The molecule has 0 aliphatic heterocycles. The summed E-state index contributed by atoms with van der Waals surface area (Å²) < 4.78 is 5.43. The molecule has 2 heterocycles. The van der Waals surface area contributed by atoms with Crippen LogP contribution >= 0.6 is 11.3 Å². The molecule has 6 heteroatoms. The predicted octanol–water partition coefficient (Wildman–Crippen LogP) is 7.36. The molecule has 184 valence electrons. The fourth-order valence-corrected chi connectivity index (χ4v) is 6.34. The van der Waals surface area contributed by atoms with Crippen molar-refractivity contribution in [3.8, 4) is 11.3 Å². The largest absolute Gasteiger partial charge is 0.462 e. The zero-order chi connectivity index (χ0) is 25.1. The van der Waals surface area contributed by atoms with E-state index in [0.717, 1.165) is 65.4 Å². The highest BCUT2D eigenvalue weighted by Gasteiger charge is 2.28. The molecule has 0 atom stereocenters. The van der Waals surface area contributed by atoms with Gasteiger partial charge in [-0.15, -0.1) is 11.3 Å². The van der Waals surface area contributed by atoms with Gasteiger partial charge in [-0.2, -0.15) is 0 Å². The topological polar surface area (TPSA) is 68.3 Å². The van der Waals surface area contributed by atoms with Gasteiger partial charge in [-0.3, -0.25) is 4.79 Å². The number of benzene rings is 2. The van der Waals surface area contributed by atoms with Gasteiger partial charge in [0.2, 0.25) is 0 Å². The first-order valence-corrected chi connectivity index (χ1v) is 13.5. The van der Waals surface area contributed by atoms with E-state index in [2.05, 4.69) is 5.32 Å². The highest BCUT2D eigenvalue weighted by molar-refractivity contribution is 7.17. The number of ether oxygens (including phenoxy) is 1. The summed E-state index contributed by atoms with van der Waals surface area (Å²) >= 11 is 1.53. The van der Waals surface area contributed by atoms with Gasteiger partial charge in [-0.05, 0) is 56.7 Å². The van der Waals surface area contributed by atoms with Gasteiger partial charge in [0.15, 0.2) is 0 Å². The number of nitrogens with zero attached hydrogens (tertiary/aromatic N) is 1. The summed E-state index contributed by atoms with van der Waals surface area (Å²) in [4.78, 5) is 33.1. The molecule has 4 aromatic rings. The van der Waals surface area contributed by atoms with Crippen molar-refractivity contribution < 1.29 is 14.3 Å². The van der Waals surface area contributed by atoms with Gasteiger partial charge in [-0.25, -0.2) is 9.78 Å². The predicted molar refractivity (Wildman–Crippen MR) is 146 cm³/mol. The van der Waals surface area contributed by atoms with Crippen LogP contribution in [0.15, 0.2) is 54.6 Å². The van der Waals surface area contributed by atoms with E-state index >= 15 is 0 Å². The van der Waals surface area contributed by atoms with Crippen LogP contribution in [0.4, 0.5) is 5.00 Å². The molecule has 5 nitrogen and oxygen atoms in total. The number of carbonyl (C=O) groups is 2. The molecule has 1 N–H and O–H groups in total. The number of amides is 1. The number of hydrogen-bond acceptors (Lipinski definition) is 5. The van der Waals surface area contributed by atoms with E-state index in [1.54, 1.807) is 0 Å². The van der Waals surface area contributed by atoms with Crippen LogP contribution in [0.1, 0.15) is 69.3 Å². The van der Waals surface area contributed by atoms with Crippen LogP contribution in [0, 0.1) is 6.92 Å². The van der Waals surface area contributed by atoms with Crippen LogP contribution in [0.3, 0.4) is 0 Å². The minimum absolute atomic E-state index is 0.233. The second-order valence-corrected chi connectivity index (χ2v) is 10.2. The summed E-state index contributed by atoms with van der Waals surface area (Å²) in [5.41, 5.74) is 5.47. The van der Waals surface area contributed by atoms with Crippen LogP contribution in [0.2, 0.25) is 0 Å². The number of hydrogen-bond donors (Lipinski definition) is 1. The molecular formula is C30H30N2O3S. The van der Waals surface area contributed by atoms with Gasteiger partial charge in [-0.1, -0.05) is 61.4 Å². The highest BCUT2D eigenvalue weighted by Crippen LogP contribution is 2.38. The number of aromatic nitrogens is 1. The number of esters is 1. The molecule has 0 spiro atoms. The summed E-state index contributed by atoms with van der Waals surface area (Å²) in [5, 5.41) is 4.51. The Labute approximate surface area is 215 Å². The maximum atomic E-state index is 13.9. The number of nitrogens with one attached hydrogen (secondary N) is 1. The van der Waals surface area contributed by atoms with E-state index in [4.69, 9.17) is 9.72 Å². The van der Waals surface area contributed by atoms with E-state index in [1.807, 2.05) is 68.4 Å². The Morgan fingerprint density at radius 3 is 2.44 bits per heavy atom. The molecule has 0 saturated heterocycles. The third-order valence-electron chi connectivity index (χ3n) is 6.79. The van der Waals surface area contributed by atoms with Crippen molar-refractivity contribution in [2.24, 2.45) is 0 Å². The standard InChI is InChI=1S/C30H30N2O3S/c1-3-35-30(34)26-22-16-9-4-5-10-18-24(22)36-29(26)32-28(33)25-19(2)27(20-13-7-6-8-14-20)31-23-17-12-11-15-21(23)25/h6-8,11-15,17H,3-5,9-10,16,18H2,1-2H3,(H,32,33). The lowest BCUT2D eigenvalue weighted by Crippen LogP contribution is -2.17. The molecule has 1 aliphatic rings. The van der Waals surface area contributed by atoms with Crippen molar-refractivity contribution in [3.05, 3.63) is 81.7 Å². The number of aryl methyl sites for hydroxylation is 1. The Kier molecular flexibility index (Phi) is 7.14. The average molecular weight is 499 g/mol. The second-order valence-electron chi connectivity index (χ2n) is 9.14. The summed E-state index contributed by atoms with van der Waals surface area (Å²) in [6.07, 6.45) is 6.25. The monoisotopic (exact) mass is 498 g/mol. The normalized spacial score (nSPS) is 13.5. The highest BCUT2D eigenvalue weighted by atomic mass is 32.1. The first-order chi connectivity index (χ1) is 17.6. The van der Waals surface area contributed by atoms with Crippen molar-refractivity contribution in [1.29, 1.82) is 0 Å². The number of carbonyl (C=O) groups excluding carboxylic acids is 2. The first-order valence-electron chi connectivity index (χ1n) is 12.7. The van der Waals surface area contributed by atoms with E-state index in [1.165, 1.54) is 22.6 Å². The van der Waals surface area contributed by atoms with Crippen LogP contribution in [0.5, 0.6) is 0 Å². The number of rotatable bonds is 5. The Hall–Kier alpha value is -3.51. The number of thiophene rings is 1. The molecule has 1 amide bonds. The molecule has 5 rings (SSSR count). The Bertz CT molecular complexity index is 1430. The Morgan fingerprint density at radius 1 is 0.944 bits per heavy atom. The number of pyridine rings is 1. The van der Waals surface area contributed by atoms with Crippen molar-refractivity contribution in [1.82, 2.24) is 4.98 Å². The Balaban J connectivity index is 1.62. The van der Waals surface area contributed by atoms with Crippen LogP contribution < -0.4 is 5.32 Å². The van der Waals surface area contributed by atoms with Crippen molar-refractivity contribution in [2.45, 2.75) is 52.4 Å². The van der Waals surface area contributed by atoms with Crippen LogP contribution in [-0.4, -0.2) is 23.5 Å². The summed E-state index contributed by atoms with van der Waals surface area (Å²) in [5.74, 6) is -0.588. The fraction of sp³-hybridized carbons (Fsp3) is 0.300. The maximum absolute atomic E-state index is 13.9. The lowest BCUT2D eigenvalue weighted by atomic mass is 9.96. The Morgan fingerprint density at radius 2 is 1.67 bits per heavy atom. The third kappa shape index (κ3) is 4.65. The smallest absolute Gasteiger partial charge is 0.341 e. The summed E-state index contributed by atoms with van der Waals surface area (Å²) in [7, 11) is 0. The molecule has 2 aromatic carbocycles. The second kappa shape index (κ2) is 10.6. The van der Waals surface area contributed by atoms with Gasteiger partial charge in [0.25, 0.3) is 5.91 Å². The molecule has 0 radical (unpaired) electrons. The first kappa shape index (κ1) is 24.2. The quantitative estimate of drug-likeness (QED) is 0.292. The van der Waals surface area contributed by atoms with E-state index < -0.39 is 0 Å². The van der Waals surface area contributed by atoms with Gasteiger partial charge in [0.05, 0.1) is 28.9 Å². The summed E-state index contributed by atoms with van der Waals surface area (Å²) in [6.45, 7) is 4.05. The van der Waals surface area contributed by atoms with Crippen LogP contribution in [0.25, 0.3) is 22.2 Å². The van der Waals surface area contributed by atoms with E-state index in [0.29, 0.717) is 22.7 Å². The zero-order valence-corrected chi connectivity index (χ0v) is 21.5. The molecule has 0 saturated carbocycles. The van der Waals surface area contributed by atoms with Gasteiger partial charge in [0.1, 0.15) is 5.00 Å². The van der Waals surface area contributed by atoms with Crippen molar-refractivity contribution in [3.63, 3.8) is 0 Å². The fourth-order valence-electron chi connectivity index (χ4n) is 5.07. The van der Waals surface area contributed by atoms with Crippen molar-refractivity contribution >= 4 is 39.1 Å². The molecule has 0 fully saturated rings. The maximum Gasteiger partial charge on any atom is 0.341 e. The van der Waals surface area contributed by atoms with Crippen LogP contribution in [-0.2, 0) is 17.6 Å². The average Bonchev–Trinajstić information content (AvgIpc) is 3.19. The minimum Gasteiger partial charge on any atom is -0.462 e. The van der Waals surface area contributed by atoms with Crippen molar-refractivity contribution in [2.75, 3.05) is 11.9 Å². The molecule has 0 bridgehead atoms. The van der Waals surface area contributed by atoms with Gasteiger partial charge >= 0.3 is 5.97 Å². The molecule has 2 aromatic heterocycles. The number of anilines is 1. The molecular weight excluding hydrogens is 468 g/mol. The minimum atomic E-state index is -0.354. The number of fused-ring (bicyclic) bond motifs is 2.